The number of hydrogen-bond donors (Lipinski definition) is 1. The standard InChI is InChI=1S/C8H8INO/c9-8-5-3-4-11-7(5)2-1-6(8)10/h1-2H,3-4,10H2. The fraction of sp³-hybridized carbons (Fsp3) is 0.250. The van der Waals surface area contributed by atoms with Gasteiger partial charge >= 0.3 is 0 Å². The molecule has 0 radical (unpaired) electrons. The molecule has 0 saturated carbocycles. The van der Waals surface area contributed by atoms with Gasteiger partial charge in [0.25, 0.3) is 0 Å². The lowest BCUT2D eigenvalue weighted by Gasteiger charge is -2.02. The number of rotatable bonds is 0. The highest BCUT2D eigenvalue weighted by Crippen LogP contribution is 2.32. The number of nitrogens with two attached hydrogens (primary N) is 1. The SMILES string of the molecule is Nc1ccc2c(c1I)CCO2. The quantitative estimate of drug-likeness (QED) is 0.571. The molecule has 0 aliphatic carbocycles. The number of nitrogen functional groups attached to an aromatic ring is 1. The maximum absolute atomic E-state index is 5.73. The van der Waals surface area contributed by atoms with E-state index in [1.807, 2.05) is 12.1 Å². The molecule has 1 aromatic carbocycles. The highest BCUT2D eigenvalue weighted by molar-refractivity contribution is 14.1. The number of ether oxygens (including phenoxy) is 1. The monoisotopic (exact) mass is 261 g/mol. The molecule has 3 heteroatoms. The van der Waals surface area contributed by atoms with E-state index in [0.717, 1.165) is 28.0 Å². The van der Waals surface area contributed by atoms with Gasteiger partial charge in [0.15, 0.2) is 0 Å². The molecule has 11 heavy (non-hydrogen) atoms. The van der Waals surface area contributed by atoms with Gasteiger partial charge in [0.2, 0.25) is 0 Å². The molecule has 1 aromatic rings. The Morgan fingerprint density at radius 1 is 1.45 bits per heavy atom. The molecule has 0 spiro atoms. The third kappa shape index (κ3) is 1.07. The van der Waals surface area contributed by atoms with Crippen LogP contribution in [0.4, 0.5) is 5.69 Å². The number of hydrogen-bond acceptors (Lipinski definition) is 2. The maximum atomic E-state index is 5.73. The molecular formula is C8H8INO. The van der Waals surface area contributed by atoms with Crippen LogP contribution < -0.4 is 10.5 Å². The fourth-order valence-corrected chi connectivity index (χ4v) is 1.97. The van der Waals surface area contributed by atoms with Crippen molar-refractivity contribution in [3.8, 4) is 5.75 Å². The van der Waals surface area contributed by atoms with E-state index in [4.69, 9.17) is 10.5 Å². The molecule has 1 heterocycles. The summed E-state index contributed by atoms with van der Waals surface area (Å²) in [5.41, 5.74) is 7.86. The van der Waals surface area contributed by atoms with E-state index >= 15 is 0 Å². The molecule has 1 aliphatic rings. The molecule has 58 valence electrons. The van der Waals surface area contributed by atoms with Crippen molar-refractivity contribution in [2.24, 2.45) is 0 Å². The lowest BCUT2D eigenvalue weighted by atomic mass is 10.1. The van der Waals surface area contributed by atoms with Crippen molar-refractivity contribution in [1.29, 1.82) is 0 Å². The molecule has 0 fully saturated rings. The summed E-state index contributed by atoms with van der Waals surface area (Å²) in [4.78, 5) is 0. The van der Waals surface area contributed by atoms with Crippen molar-refractivity contribution in [2.45, 2.75) is 6.42 Å². The van der Waals surface area contributed by atoms with E-state index in [9.17, 15) is 0 Å². The van der Waals surface area contributed by atoms with Crippen molar-refractivity contribution < 1.29 is 4.74 Å². The number of anilines is 1. The van der Waals surface area contributed by atoms with Gasteiger partial charge in [-0.05, 0) is 34.7 Å². The van der Waals surface area contributed by atoms with Gasteiger partial charge in [-0.1, -0.05) is 0 Å². The van der Waals surface area contributed by atoms with Crippen molar-refractivity contribution in [2.75, 3.05) is 12.3 Å². The summed E-state index contributed by atoms with van der Waals surface area (Å²) >= 11 is 2.27. The number of benzene rings is 1. The minimum absolute atomic E-state index is 0.800. The van der Waals surface area contributed by atoms with Gasteiger partial charge in [0, 0.05) is 21.2 Å². The van der Waals surface area contributed by atoms with Gasteiger partial charge in [-0.25, -0.2) is 0 Å². The average Bonchev–Trinajstić information content (AvgIpc) is 2.45. The molecule has 2 rings (SSSR count). The predicted octanol–water partition coefficient (Wildman–Crippen LogP) is 1.81. The second-order valence-corrected chi connectivity index (χ2v) is 3.62. The molecule has 1 aliphatic heterocycles. The zero-order valence-electron chi connectivity index (χ0n) is 5.93. The van der Waals surface area contributed by atoms with E-state index in [1.165, 1.54) is 5.56 Å². The second-order valence-electron chi connectivity index (χ2n) is 2.54. The van der Waals surface area contributed by atoms with Gasteiger partial charge in [-0.15, -0.1) is 0 Å². The van der Waals surface area contributed by atoms with Crippen LogP contribution in [0.5, 0.6) is 5.75 Å². The van der Waals surface area contributed by atoms with Gasteiger partial charge in [0.05, 0.1) is 6.61 Å². The molecule has 0 aromatic heterocycles. The maximum Gasteiger partial charge on any atom is 0.123 e. The van der Waals surface area contributed by atoms with Gasteiger partial charge < -0.3 is 10.5 Å². The van der Waals surface area contributed by atoms with Crippen LogP contribution in [0.15, 0.2) is 12.1 Å². The van der Waals surface area contributed by atoms with Crippen molar-refractivity contribution in [1.82, 2.24) is 0 Å². The average molecular weight is 261 g/mol. The van der Waals surface area contributed by atoms with Crippen LogP contribution in [0, 0.1) is 3.57 Å². The third-order valence-electron chi connectivity index (χ3n) is 1.84. The lowest BCUT2D eigenvalue weighted by Crippen LogP contribution is -1.92. The minimum Gasteiger partial charge on any atom is -0.493 e. The predicted molar refractivity (Wildman–Crippen MR) is 52.8 cm³/mol. The first kappa shape index (κ1) is 7.21. The molecule has 0 amide bonds. The summed E-state index contributed by atoms with van der Waals surface area (Å²) < 4.78 is 6.52. The topological polar surface area (TPSA) is 35.2 Å². The summed E-state index contributed by atoms with van der Waals surface area (Å²) in [5.74, 6) is 1.00. The van der Waals surface area contributed by atoms with Crippen LogP contribution in [0.2, 0.25) is 0 Å². The molecule has 0 bridgehead atoms. The summed E-state index contributed by atoms with van der Waals surface area (Å²) in [6, 6.07) is 3.84. The first-order chi connectivity index (χ1) is 5.29. The summed E-state index contributed by atoms with van der Waals surface area (Å²) in [5, 5.41) is 0. The number of halogens is 1. The zero-order chi connectivity index (χ0) is 7.84. The summed E-state index contributed by atoms with van der Waals surface area (Å²) in [6.07, 6.45) is 0.999. The first-order valence-corrected chi connectivity index (χ1v) is 4.56. The molecule has 0 atom stereocenters. The molecule has 2 N–H and O–H groups in total. The van der Waals surface area contributed by atoms with Gasteiger partial charge in [-0.3, -0.25) is 0 Å². The Balaban J connectivity index is 2.62. The van der Waals surface area contributed by atoms with Crippen LogP contribution in [-0.2, 0) is 6.42 Å². The van der Waals surface area contributed by atoms with Crippen LogP contribution in [0.3, 0.4) is 0 Å². The van der Waals surface area contributed by atoms with Gasteiger partial charge in [-0.2, -0.15) is 0 Å². The van der Waals surface area contributed by atoms with Crippen LogP contribution in [0.1, 0.15) is 5.56 Å². The van der Waals surface area contributed by atoms with Crippen molar-refractivity contribution in [3.05, 3.63) is 21.3 Å². The summed E-state index contributed by atoms with van der Waals surface area (Å²) in [7, 11) is 0. The first-order valence-electron chi connectivity index (χ1n) is 3.48. The van der Waals surface area contributed by atoms with Gasteiger partial charge in [0.1, 0.15) is 5.75 Å². The van der Waals surface area contributed by atoms with Crippen molar-refractivity contribution >= 4 is 28.3 Å². The Morgan fingerprint density at radius 3 is 3.09 bits per heavy atom. The Hall–Kier alpha value is -0.450. The fourth-order valence-electron chi connectivity index (χ4n) is 1.25. The third-order valence-corrected chi connectivity index (χ3v) is 3.11. The lowest BCUT2D eigenvalue weighted by molar-refractivity contribution is 0.357. The molecule has 0 saturated heterocycles. The summed E-state index contributed by atoms with van der Waals surface area (Å²) in [6.45, 7) is 0.800. The minimum atomic E-state index is 0.800. The van der Waals surface area contributed by atoms with Crippen LogP contribution in [0.25, 0.3) is 0 Å². The van der Waals surface area contributed by atoms with E-state index in [-0.39, 0.29) is 0 Å². The van der Waals surface area contributed by atoms with E-state index in [2.05, 4.69) is 22.6 Å². The Morgan fingerprint density at radius 2 is 2.27 bits per heavy atom. The Kier molecular flexibility index (Phi) is 1.67. The van der Waals surface area contributed by atoms with E-state index in [1.54, 1.807) is 0 Å². The highest BCUT2D eigenvalue weighted by Gasteiger charge is 2.15. The largest absolute Gasteiger partial charge is 0.493 e. The van der Waals surface area contributed by atoms with E-state index in [0.29, 0.717) is 0 Å². The van der Waals surface area contributed by atoms with E-state index < -0.39 is 0 Å². The Labute approximate surface area is 78.9 Å². The molecule has 2 nitrogen and oxygen atoms in total. The number of fused-ring (bicyclic) bond motifs is 1. The van der Waals surface area contributed by atoms with Crippen LogP contribution >= 0.6 is 22.6 Å². The smallest absolute Gasteiger partial charge is 0.123 e. The molecule has 0 unspecified atom stereocenters. The highest BCUT2D eigenvalue weighted by atomic mass is 127. The van der Waals surface area contributed by atoms with Crippen molar-refractivity contribution in [3.63, 3.8) is 0 Å². The Bertz CT molecular complexity index is 298. The van der Waals surface area contributed by atoms with Crippen LogP contribution in [-0.4, -0.2) is 6.61 Å². The zero-order valence-corrected chi connectivity index (χ0v) is 8.09. The normalized spacial score (nSPS) is 14.3. The molecular weight excluding hydrogens is 253 g/mol. The second kappa shape index (κ2) is 2.55.